The maximum absolute atomic E-state index is 4.44. The van der Waals surface area contributed by atoms with Crippen LogP contribution in [-0.2, 0) is 20.1 Å². The predicted molar refractivity (Wildman–Crippen MR) is 92.2 cm³/mol. The SMILES string of the molecule is Cn1cc(CN2CCC[C@]3(CCN(Cc4nccs4)C3)C2)cn1. The lowest BCUT2D eigenvalue weighted by molar-refractivity contribution is 0.0866. The van der Waals surface area contributed by atoms with Gasteiger partial charge in [-0.2, -0.15) is 5.10 Å². The zero-order valence-electron chi connectivity index (χ0n) is 13.8. The van der Waals surface area contributed by atoms with Crippen LogP contribution in [0, 0.1) is 5.41 Å². The molecule has 0 bridgehead atoms. The zero-order valence-corrected chi connectivity index (χ0v) is 14.6. The lowest BCUT2D eigenvalue weighted by Gasteiger charge is -2.40. The van der Waals surface area contributed by atoms with Gasteiger partial charge < -0.3 is 0 Å². The predicted octanol–water partition coefficient (Wildman–Crippen LogP) is 2.36. The van der Waals surface area contributed by atoms with Crippen LogP contribution >= 0.6 is 11.3 Å². The average molecular weight is 331 g/mol. The number of hydrogen-bond donors (Lipinski definition) is 0. The molecule has 0 radical (unpaired) electrons. The number of likely N-dealkylation sites (tertiary alicyclic amines) is 2. The molecule has 2 saturated heterocycles. The molecule has 2 fully saturated rings. The van der Waals surface area contributed by atoms with Crippen LogP contribution in [0.2, 0.25) is 0 Å². The fourth-order valence-corrected chi connectivity index (χ4v) is 4.93. The highest BCUT2D eigenvalue weighted by molar-refractivity contribution is 7.09. The highest BCUT2D eigenvalue weighted by atomic mass is 32.1. The van der Waals surface area contributed by atoms with Crippen molar-refractivity contribution in [1.29, 1.82) is 0 Å². The molecular formula is C17H25N5S. The Morgan fingerprint density at radius 1 is 1.17 bits per heavy atom. The zero-order chi connectivity index (χ0) is 15.7. The van der Waals surface area contributed by atoms with E-state index in [1.807, 2.05) is 24.1 Å². The van der Waals surface area contributed by atoms with Crippen LogP contribution in [0.25, 0.3) is 0 Å². The van der Waals surface area contributed by atoms with Gasteiger partial charge in [0, 0.05) is 50.0 Å². The normalized spacial score (nSPS) is 26.3. The third-order valence-electron chi connectivity index (χ3n) is 5.26. The van der Waals surface area contributed by atoms with Crippen LogP contribution in [-0.4, -0.2) is 50.7 Å². The maximum atomic E-state index is 4.44. The molecule has 6 heteroatoms. The second-order valence-corrected chi connectivity index (χ2v) is 8.20. The summed E-state index contributed by atoms with van der Waals surface area (Å²) in [6, 6.07) is 0. The Labute approximate surface area is 141 Å². The van der Waals surface area contributed by atoms with E-state index in [1.54, 1.807) is 11.3 Å². The molecule has 2 aromatic rings. The summed E-state index contributed by atoms with van der Waals surface area (Å²) < 4.78 is 1.90. The van der Waals surface area contributed by atoms with Gasteiger partial charge in [-0.1, -0.05) is 0 Å². The summed E-state index contributed by atoms with van der Waals surface area (Å²) in [4.78, 5) is 9.68. The average Bonchev–Trinajstić information content (AvgIpc) is 3.24. The van der Waals surface area contributed by atoms with Gasteiger partial charge in [0.15, 0.2) is 0 Å². The maximum Gasteiger partial charge on any atom is 0.107 e. The van der Waals surface area contributed by atoms with Gasteiger partial charge in [-0.05, 0) is 37.8 Å². The number of hydrogen-bond acceptors (Lipinski definition) is 5. The summed E-state index contributed by atoms with van der Waals surface area (Å²) in [6.45, 7) is 6.99. The first kappa shape index (κ1) is 15.3. The van der Waals surface area contributed by atoms with Crippen molar-refractivity contribution in [3.63, 3.8) is 0 Å². The van der Waals surface area contributed by atoms with E-state index < -0.39 is 0 Å². The van der Waals surface area contributed by atoms with Crippen LogP contribution in [0.3, 0.4) is 0 Å². The molecule has 0 aliphatic carbocycles. The summed E-state index contributed by atoms with van der Waals surface area (Å²) in [6.07, 6.45) is 10.1. The Morgan fingerprint density at radius 3 is 2.78 bits per heavy atom. The highest BCUT2D eigenvalue weighted by Gasteiger charge is 2.41. The van der Waals surface area contributed by atoms with Crippen LogP contribution in [0.1, 0.15) is 29.8 Å². The third-order valence-corrected chi connectivity index (χ3v) is 6.03. The lowest BCUT2D eigenvalue weighted by Crippen LogP contribution is -2.44. The van der Waals surface area contributed by atoms with Crippen molar-refractivity contribution in [3.05, 3.63) is 34.5 Å². The molecule has 1 spiro atoms. The first-order chi connectivity index (χ1) is 11.2. The minimum absolute atomic E-state index is 0.498. The fraction of sp³-hybridized carbons (Fsp3) is 0.647. The smallest absolute Gasteiger partial charge is 0.107 e. The van der Waals surface area contributed by atoms with Gasteiger partial charge in [-0.3, -0.25) is 14.5 Å². The van der Waals surface area contributed by atoms with Crippen LogP contribution in [0.15, 0.2) is 24.0 Å². The van der Waals surface area contributed by atoms with Crippen molar-refractivity contribution in [2.75, 3.05) is 26.2 Å². The molecule has 23 heavy (non-hydrogen) atoms. The van der Waals surface area contributed by atoms with E-state index in [4.69, 9.17) is 0 Å². The first-order valence-corrected chi connectivity index (χ1v) is 9.39. The number of nitrogens with zero attached hydrogens (tertiary/aromatic N) is 5. The van der Waals surface area contributed by atoms with Crippen molar-refractivity contribution in [2.24, 2.45) is 12.5 Å². The van der Waals surface area contributed by atoms with Crippen LogP contribution in [0.4, 0.5) is 0 Å². The summed E-state index contributed by atoms with van der Waals surface area (Å²) in [7, 11) is 1.99. The number of aryl methyl sites for hydroxylation is 1. The quantitative estimate of drug-likeness (QED) is 0.862. The van der Waals surface area contributed by atoms with Crippen molar-refractivity contribution in [2.45, 2.75) is 32.4 Å². The van der Waals surface area contributed by atoms with Crippen molar-refractivity contribution < 1.29 is 0 Å². The van der Waals surface area contributed by atoms with Crippen LogP contribution < -0.4 is 0 Å². The molecule has 0 N–H and O–H groups in total. The number of aromatic nitrogens is 3. The fourth-order valence-electron chi connectivity index (χ4n) is 4.27. The summed E-state index contributed by atoms with van der Waals surface area (Å²) in [5, 5.41) is 7.64. The molecule has 2 aromatic heterocycles. The molecule has 5 nitrogen and oxygen atoms in total. The molecule has 0 aromatic carbocycles. The molecule has 0 unspecified atom stereocenters. The molecule has 0 saturated carbocycles. The molecular weight excluding hydrogens is 306 g/mol. The summed E-state index contributed by atoms with van der Waals surface area (Å²) in [5.74, 6) is 0. The Bertz CT molecular complexity index is 637. The Hall–Kier alpha value is -1.24. The molecule has 124 valence electrons. The summed E-state index contributed by atoms with van der Waals surface area (Å²) >= 11 is 1.78. The minimum atomic E-state index is 0.498. The number of rotatable bonds is 4. The number of piperidine rings is 1. The third kappa shape index (κ3) is 3.49. The molecule has 2 aliphatic heterocycles. The van der Waals surface area contributed by atoms with Gasteiger partial charge in [-0.25, -0.2) is 4.98 Å². The van der Waals surface area contributed by atoms with Gasteiger partial charge in [0.25, 0.3) is 0 Å². The van der Waals surface area contributed by atoms with E-state index in [-0.39, 0.29) is 0 Å². The highest BCUT2D eigenvalue weighted by Crippen LogP contribution is 2.39. The van der Waals surface area contributed by atoms with E-state index in [1.165, 1.54) is 56.0 Å². The van der Waals surface area contributed by atoms with E-state index >= 15 is 0 Å². The van der Waals surface area contributed by atoms with Gasteiger partial charge in [0.05, 0.1) is 12.7 Å². The van der Waals surface area contributed by atoms with Gasteiger partial charge in [0.1, 0.15) is 5.01 Å². The van der Waals surface area contributed by atoms with E-state index in [0.717, 1.165) is 13.1 Å². The van der Waals surface area contributed by atoms with Crippen LogP contribution in [0.5, 0.6) is 0 Å². The number of thiazole rings is 1. The summed E-state index contributed by atoms with van der Waals surface area (Å²) in [5.41, 5.74) is 1.83. The molecule has 2 aliphatic rings. The molecule has 0 amide bonds. The Balaban J connectivity index is 1.37. The Kier molecular flexibility index (Phi) is 4.22. The minimum Gasteiger partial charge on any atom is -0.298 e. The van der Waals surface area contributed by atoms with Crippen molar-refractivity contribution >= 4 is 11.3 Å². The first-order valence-electron chi connectivity index (χ1n) is 8.51. The monoisotopic (exact) mass is 331 g/mol. The van der Waals surface area contributed by atoms with E-state index in [2.05, 4.69) is 31.5 Å². The van der Waals surface area contributed by atoms with Gasteiger partial charge in [0.2, 0.25) is 0 Å². The van der Waals surface area contributed by atoms with Crippen molar-refractivity contribution in [1.82, 2.24) is 24.6 Å². The second kappa shape index (κ2) is 6.34. The topological polar surface area (TPSA) is 37.2 Å². The largest absolute Gasteiger partial charge is 0.298 e. The molecule has 4 rings (SSSR count). The molecule has 4 heterocycles. The van der Waals surface area contributed by atoms with Gasteiger partial charge in [-0.15, -0.1) is 11.3 Å². The van der Waals surface area contributed by atoms with Crippen molar-refractivity contribution in [3.8, 4) is 0 Å². The Morgan fingerprint density at radius 2 is 2.04 bits per heavy atom. The second-order valence-electron chi connectivity index (χ2n) is 7.22. The lowest BCUT2D eigenvalue weighted by atomic mass is 9.79. The van der Waals surface area contributed by atoms with Gasteiger partial charge >= 0.3 is 0 Å². The van der Waals surface area contributed by atoms with E-state index in [0.29, 0.717) is 5.41 Å². The van der Waals surface area contributed by atoms with E-state index in [9.17, 15) is 0 Å². The standard InChI is InChI=1S/C17H25N5S/c1-20-10-15(9-19-20)11-21-6-2-3-17(13-21)4-7-22(14-17)12-16-18-5-8-23-16/h5,8-10H,2-4,6-7,11-14H2,1H3/t17-/m0/s1. The molecule has 1 atom stereocenters.